The second-order valence-electron chi connectivity index (χ2n) is 4.81. The SMILES string of the molecule is CC1CCCC(NC(=O)c2cc(Cl)nnc2Cl)C1. The Hall–Kier alpha value is -0.870. The molecule has 1 aliphatic carbocycles. The van der Waals surface area contributed by atoms with Crippen molar-refractivity contribution in [1.29, 1.82) is 0 Å². The molecule has 1 amide bonds. The van der Waals surface area contributed by atoms with Crippen molar-refractivity contribution in [1.82, 2.24) is 15.5 Å². The van der Waals surface area contributed by atoms with Crippen molar-refractivity contribution in [3.8, 4) is 0 Å². The second-order valence-corrected chi connectivity index (χ2v) is 5.56. The van der Waals surface area contributed by atoms with Crippen LogP contribution in [0.4, 0.5) is 0 Å². The predicted molar refractivity (Wildman–Crippen MR) is 70.9 cm³/mol. The first-order valence-corrected chi connectivity index (χ1v) is 6.81. The summed E-state index contributed by atoms with van der Waals surface area (Å²) in [7, 11) is 0. The van der Waals surface area contributed by atoms with Gasteiger partial charge in [-0.15, -0.1) is 10.2 Å². The molecule has 0 bridgehead atoms. The zero-order valence-electron chi connectivity index (χ0n) is 10.1. The molecular formula is C12H15Cl2N3O. The summed E-state index contributed by atoms with van der Waals surface area (Å²) in [6.07, 6.45) is 4.40. The van der Waals surface area contributed by atoms with Crippen LogP contribution in [0.15, 0.2) is 6.07 Å². The lowest BCUT2D eigenvalue weighted by atomic mass is 9.87. The Morgan fingerprint density at radius 2 is 2.17 bits per heavy atom. The number of hydrogen-bond donors (Lipinski definition) is 1. The van der Waals surface area contributed by atoms with E-state index in [4.69, 9.17) is 23.2 Å². The summed E-state index contributed by atoms with van der Waals surface area (Å²) in [5, 5.41) is 10.5. The molecule has 2 unspecified atom stereocenters. The van der Waals surface area contributed by atoms with Crippen molar-refractivity contribution >= 4 is 29.1 Å². The summed E-state index contributed by atoms with van der Waals surface area (Å²) < 4.78 is 0. The van der Waals surface area contributed by atoms with Crippen LogP contribution in [-0.4, -0.2) is 22.1 Å². The van der Waals surface area contributed by atoms with Crippen LogP contribution in [0.2, 0.25) is 10.3 Å². The van der Waals surface area contributed by atoms with Crippen LogP contribution >= 0.6 is 23.2 Å². The van der Waals surface area contributed by atoms with Gasteiger partial charge in [0.1, 0.15) is 0 Å². The van der Waals surface area contributed by atoms with Crippen molar-refractivity contribution in [2.24, 2.45) is 5.92 Å². The molecule has 6 heteroatoms. The highest BCUT2D eigenvalue weighted by molar-refractivity contribution is 6.34. The van der Waals surface area contributed by atoms with E-state index in [2.05, 4.69) is 22.4 Å². The third kappa shape index (κ3) is 3.33. The first-order chi connectivity index (χ1) is 8.56. The number of hydrogen-bond acceptors (Lipinski definition) is 3. The van der Waals surface area contributed by atoms with E-state index in [1.807, 2.05) is 0 Å². The molecule has 4 nitrogen and oxygen atoms in total. The van der Waals surface area contributed by atoms with E-state index in [0.29, 0.717) is 5.92 Å². The van der Waals surface area contributed by atoms with Gasteiger partial charge in [0.2, 0.25) is 0 Å². The summed E-state index contributed by atoms with van der Waals surface area (Å²) in [6.45, 7) is 2.20. The maximum Gasteiger partial charge on any atom is 0.254 e. The molecule has 18 heavy (non-hydrogen) atoms. The number of carbonyl (C=O) groups is 1. The molecule has 1 aromatic rings. The van der Waals surface area contributed by atoms with Gasteiger partial charge >= 0.3 is 0 Å². The van der Waals surface area contributed by atoms with Gasteiger partial charge in [0.25, 0.3) is 5.91 Å². The Kier molecular flexibility index (Phi) is 4.40. The largest absolute Gasteiger partial charge is 0.349 e. The van der Waals surface area contributed by atoms with Crippen LogP contribution in [-0.2, 0) is 0 Å². The summed E-state index contributed by atoms with van der Waals surface area (Å²) in [5.74, 6) is 0.426. The summed E-state index contributed by atoms with van der Waals surface area (Å²) in [6, 6.07) is 1.66. The minimum atomic E-state index is -0.226. The lowest BCUT2D eigenvalue weighted by Crippen LogP contribution is -2.38. The van der Waals surface area contributed by atoms with Gasteiger partial charge in [-0.1, -0.05) is 43.0 Å². The second kappa shape index (κ2) is 5.85. The number of amides is 1. The number of nitrogens with one attached hydrogen (secondary N) is 1. The number of rotatable bonds is 2. The zero-order chi connectivity index (χ0) is 13.1. The Bertz CT molecular complexity index is 453. The van der Waals surface area contributed by atoms with Gasteiger partial charge in [0, 0.05) is 6.04 Å². The molecule has 1 N–H and O–H groups in total. The maximum atomic E-state index is 12.1. The fourth-order valence-electron chi connectivity index (χ4n) is 2.34. The molecule has 0 saturated heterocycles. The van der Waals surface area contributed by atoms with Gasteiger partial charge in [0.15, 0.2) is 10.3 Å². The molecule has 1 aliphatic rings. The van der Waals surface area contributed by atoms with Gasteiger partial charge in [-0.3, -0.25) is 4.79 Å². The molecular weight excluding hydrogens is 273 g/mol. The molecule has 1 saturated carbocycles. The fraction of sp³-hybridized carbons (Fsp3) is 0.583. The quantitative estimate of drug-likeness (QED) is 0.909. The van der Waals surface area contributed by atoms with E-state index in [0.717, 1.165) is 19.3 Å². The highest BCUT2D eigenvalue weighted by Crippen LogP contribution is 2.24. The molecule has 1 fully saturated rings. The van der Waals surface area contributed by atoms with E-state index in [9.17, 15) is 4.79 Å². The molecule has 0 aromatic carbocycles. The fourth-order valence-corrected chi connectivity index (χ4v) is 2.67. The Morgan fingerprint density at radius 1 is 1.39 bits per heavy atom. The summed E-state index contributed by atoms with van der Waals surface area (Å²) in [4.78, 5) is 12.1. The first-order valence-electron chi connectivity index (χ1n) is 6.06. The monoisotopic (exact) mass is 287 g/mol. The van der Waals surface area contributed by atoms with E-state index < -0.39 is 0 Å². The minimum Gasteiger partial charge on any atom is -0.349 e. The lowest BCUT2D eigenvalue weighted by molar-refractivity contribution is 0.0921. The van der Waals surface area contributed by atoms with Crippen LogP contribution in [0.1, 0.15) is 43.0 Å². The number of carbonyl (C=O) groups excluding carboxylic acids is 1. The van der Waals surface area contributed by atoms with E-state index >= 15 is 0 Å². The standard InChI is InChI=1S/C12H15Cl2N3O/c1-7-3-2-4-8(5-7)15-12(18)9-6-10(13)16-17-11(9)14/h6-8H,2-5H2,1H3,(H,15,18). The Balaban J connectivity index is 2.05. The third-order valence-corrected chi connectivity index (χ3v) is 3.70. The average Bonchev–Trinajstić information content (AvgIpc) is 2.32. The van der Waals surface area contributed by atoms with Crippen molar-refractivity contribution in [2.45, 2.75) is 38.6 Å². The van der Waals surface area contributed by atoms with E-state index in [-0.39, 0.29) is 27.8 Å². The number of aromatic nitrogens is 2. The molecule has 1 aromatic heterocycles. The van der Waals surface area contributed by atoms with Gasteiger partial charge in [-0.25, -0.2) is 0 Å². The number of nitrogens with zero attached hydrogens (tertiary/aromatic N) is 2. The van der Waals surface area contributed by atoms with E-state index in [1.165, 1.54) is 12.5 Å². The predicted octanol–water partition coefficient (Wildman–Crippen LogP) is 3.09. The minimum absolute atomic E-state index is 0.0840. The highest BCUT2D eigenvalue weighted by atomic mass is 35.5. The molecule has 0 spiro atoms. The maximum absolute atomic E-state index is 12.1. The van der Waals surface area contributed by atoms with Crippen LogP contribution in [0, 0.1) is 5.92 Å². The lowest BCUT2D eigenvalue weighted by Gasteiger charge is -2.27. The van der Waals surface area contributed by atoms with Gasteiger partial charge in [-0.2, -0.15) is 0 Å². The molecule has 1 heterocycles. The Morgan fingerprint density at radius 3 is 2.89 bits per heavy atom. The van der Waals surface area contributed by atoms with Crippen LogP contribution in [0.3, 0.4) is 0 Å². The van der Waals surface area contributed by atoms with Crippen molar-refractivity contribution in [2.75, 3.05) is 0 Å². The smallest absolute Gasteiger partial charge is 0.254 e. The van der Waals surface area contributed by atoms with Gasteiger partial charge in [0.05, 0.1) is 5.56 Å². The van der Waals surface area contributed by atoms with Gasteiger partial charge in [-0.05, 0) is 24.8 Å². The van der Waals surface area contributed by atoms with Crippen LogP contribution in [0.25, 0.3) is 0 Å². The molecule has 98 valence electrons. The highest BCUT2D eigenvalue weighted by Gasteiger charge is 2.22. The average molecular weight is 288 g/mol. The molecule has 2 rings (SSSR count). The van der Waals surface area contributed by atoms with Crippen molar-refractivity contribution in [3.63, 3.8) is 0 Å². The van der Waals surface area contributed by atoms with Crippen LogP contribution in [0.5, 0.6) is 0 Å². The van der Waals surface area contributed by atoms with Crippen LogP contribution < -0.4 is 5.32 Å². The van der Waals surface area contributed by atoms with E-state index in [1.54, 1.807) is 0 Å². The molecule has 0 aliphatic heterocycles. The third-order valence-electron chi connectivity index (χ3n) is 3.24. The number of halogens is 2. The summed E-state index contributed by atoms with van der Waals surface area (Å²) in [5.41, 5.74) is 0.287. The summed E-state index contributed by atoms with van der Waals surface area (Å²) >= 11 is 11.6. The molecule has 2 atom stereocenters. The zero-order valence-corrected chi connectivity index (χ0v) is 11.6. The first kappa shape index (κ1) is 13.6. The van der Waals surface area contributed by atoms with Crippen molar-refractivity contribution < 1.29 is 4.79 Å². The molecule has 0 radical (unpaired) electrons. The topological polar surface area (TPSA) is 54.9 Å². The van der Waals surface area contributed by atoms with Gasteiger partial charge < -0.3 is 5.32 Å². The Labute approximate surface area is 116 Å². The normalized spacial score (nSPS) is 23.7. The van der Waals surface area contributed by atoms with Crippen molar-refractivity contribution in [3.05, 3.63) is 21.9 Å².